The maximum absolute atomic E-state index is 13.9. The number of carbonyl (C=O) groups excluding carboxylic acids is 3. The van der Waals surface area contributed by atoms with Crippen molar-refractivity contribution in [2.75, 3.05) is 0 Å². The number of aryl methyl sites for hydroxylation is 1. The Labute approximate surface area is 269 Å². The van der Waals surface area contributed by atoms with Crippen molar-refractivity contribution in [3.63, 3.8) is 0 Å². The van der Waals surface area contributed by atoms with Gasteiger partial charge >= 0.3 is 5.97 Å². The summed E-state index contributed by atoms with van der Waals surface area (Å²) in [6.07, 6.45) is 7.20. The average molecular weight is 623 g/mol. The zero-order valence-corrected chi connectivity index (χ0v) is 27.2. The second-order valence-corrected chi connectivity index (χ2v) is 13.8. The minimum absolute atomic E-state index is 0.128. The van der Waals surface area contributed by atoms with Crippen LogP contribution in [0.25, 0.3) is 0 Å². The van der Waals surface area contributed by atoms with E-state index in [9.17, 15) is 14.4 Å². The third-order valence-corrected chi connectivity index (χ3v) is 9.81. The first kappa shape index (κ1) is 31.8. The summed E-state index contributed by atoms with van der Waals surface area (Å²) in [5.74, 6) is 0.415. The summed E-state index contributed by atoms with van der Waals surface area (Å²) in [7, 11) is 0. The minimum atomic E-state index is -0.244. The largest absolute Gasteiger partial charge is 0.427 e. The Balaban J connectivity index is 1.32. The number of benzene rings is 4. The van der Waals surface area contributed by atoms with Crippen LogP contribution in [0.2, 0.25) is 0 Å². The molecule has 0 aromatic heterocycles. The van der Waals surface area contributed by atoms with Gasteiger partial charge in [-0.3, -0.25) is 14.4 Å². The van der Waals surface area contributed by atoms with Crippen LogP contribution in [-0.4, -0.2) is 17.5 Å². The number of fused-ring (bicyclic) bond motifs is 2. The normalized spacial score (nSPS) is 12.3. The van der Waals surface area contributed by atoms with Crippen LogP contribution >= 0.6 is 23.5 Å². The molecule has 0 N–H and O–H groups in total. The molecule has 4 aromatic carbocycles. The van der Waals surface area contributed by atoms with Crippen LogP contribution in [0, 0.1) is 5.92 Å². The van der Waals surface area contributed by atoms with Crippen molar-refractivity contribution >= 4 is 41.1 Å². The molecule has 44 heavy (non-hydrogen) atoms. The van der Waals surface area contributed by atoms with Crippen LogP contribution in [0.5, 0.6) is 5.75 Å². The molecule has 0 amide bonds. The molecule has 0 atom stereocenters. The standard InChI is InChI=1S/C38H38O4S2/c1-4-5-6-7-10-26-16-20-28(21-17-26)43-32-13-8-11-30-35(32)37(40)31-12-9-14-33(36(31)38(30)41)44-29-22-18-27(19-23-29)42-34(39)24-15-25(2)3/h8-9,11-14,16-23,25H,4-7,10,15,24H2,1-3H3. The molecule has 1 aliphatic carbocycles. The fraction of sp³-hybridized carbons (Fsp3) is 0.289. The van der Waals surface area contributed by atoms with Crippen molar-refractivity contribution < 1.29 is 19.1 Å². The first-order valence-electron chi connectivity index (χ1n) is 15.4. The highest BCUT2D eigenvalue weighted by molar-refractivity contribution is 7.99. The summed E-state index contributed by atoms with van der Waals surface area (Å²) in [5, 5.41) is 0. The fourth-order valence-electron chi connectivity index (χ4n) is 5.25. The zero-order valence-electron chi connectivity index (χ0n) is 25.6. The number of ketones is 2. The molecule has 0 aliphatic heterocycles. The molecule has 0 bridgehead atoms. The van der Waals surface area contributed by atoms with Gasteiger partial charge in [0.25, 0.3) is 0 Å². The molecule has 1 aliphatic rings. The van der Waals surface area contributed by atoms with E-state index in [1.54, 1.807) is 24.3 Å². The lowest BCUT2D eigenvalue weighted by Crippen LogP contribution is -2.22. The number of rotatable bonds is 13. The first-order chi connectivity index (χ1) is 21.3. The highest BCUT2D eigenvalue weighted by Crippen LogP contribution is 2.41. The van der Waals surface area contributed by atoms with Gasteiger partial charge in [-0.05, 0) is 79.3 Å². The van der Waals surface area contributed by atoms with Gasteiger partial charge in [0.15, 0.2) is 11.6 Å². The summed E-state index contributed by atoms with van der Waals surface area (Å²) < 4.78 is 5.46. The van der Waals surface area contributed by atoms with Crippen LogP contribution < -0.4 is 4.74 Å². The van der Waals surface area contributed by atoms with E-state index in [4.69, 9.17) is 4.74 Å². The second-order valence-electron chi connectivity index (χ2n) is 11.6. The van der Waals surface area contributed by atoms with Gasteiger partial charge in [0.2, 0.25) is 0 Å². The van der Waals surface area contributed by atoms with Crippen molar-refractivity contribution in [3.05, 3.63) is 113 Å². The Bertz CT molecular complexity index is 1640. The van der Waals surface area contributed by atoms with Crippen LogP contribution in [0.1, 0.15) is 96.7 Å². The molecular weight excluding hydrogens is 585 g/mol. The maximum Gasteiger partial charge on any atom is 0.311 e. The fourth-order valence-corrected chi connectivity index (χ4v) is 7.20. The number of unbranched alkanes of at least 4 members (excludes halogenated alkanes) is 3. The van der Waals surface area contributed by atoms with Crippen molar-refractivity contribution in [3.8, 4) is 5.75 Å². The Morgan fingerprint density at radius 1 is 0.705 bits per heavy atom. The monoisotopic (exact) mass is 622 g/mol. The van der Waals surface area contributed by atoms with E-state index in [0.29, 0.717) is 40.3 Å². The van der Waals surface area contributed by atoms with Gasteiger partial charge in [0.1, 0.15) is 5.75 Å². The lowest BCUT2D eigenvalue weighted by Gasteiger charge is -2.22. The Morgan fingerprint density at radius 3 is 1.77 bits per heavy atom. The topological polar surface area (TPSA) is 60.4 Å². The molecule has 0 unspecified atom stereocenters. The van der Waals surface area contributed by atoms with E-state index < -0.39 is 0 Å². The molecule has 0 spiro atoms. The van der Waals surface area contributed by atoms with E-state index in [1.165, 1.54) is 54.8 Å². The van der Waals surface area contributed by atoms with Crippen molar-refractivity contribution in [2.45, 2.75) is 85.3 Å². The predicted molar refractivity (Wildman–Crippen MR) is 178 cm³/mol. The number of hydrogen-bond donors (Lipinski definition) is 0. The van der Waals surface area contributed by atoms with Gasteiger partial charge < -0.3 is 4.74 Å². The summed E-state index contributed by atoms with van der Waals surface area (Å²) in [5.41, 5.74) is 3.11. The lowest BCUT2D eigenvalue weighted by atomic mass is 9.84. The molecule has 4 aromatic rings. The van der Waals surface area contributed by atoms with Crippen molar-refractivity contribution in [1.29, 1.82) is 0 Å². The summed E-state index contributed by atoms with van der Waals surface area (Å²) in [6, 6.07) is 26.8. The number of esters is 1. The Hall–Kier alpha value is -3.61. The summed E-state index contributed by atoms with van der Waals surface area (Å²) in [6.45, 7) is 6.37. The molecular formula is C38H38O4S2. The van der Waals surface area contributed by atoms with Gasteiger partial charge in [0.05, 0.1) is 0 Å². The van der Waals surface area contributed by atoms with Crippen molar-refractivity contribution in [1.82, 2.24) is 0 Å². The molecule has 0 heterocycles. The molecule has 4 nitrogen and oxygen atoms in total. The zero-order chi connectivity index (χ0) is 31.1. The van der Waals surface area contributed by atoms with E-state index in [1.807, 2.05) is 36.4 Å². The highest BCUT2D eigenvalue weighted by atomic mass is 32.2. The molecule has 0 fully saturated rings. The molecule has 0 radical (unpaired) electrons. The molecule has 0 saturated carbocycles. The molecule has 6 heteroatoms. The van der Waals surface area contributed by atoms with Gasteiger partial charge in [-0.2, -0.15) is 0 Å². The van der Waals surface area contributed by atoms with Gasteiger partial charge in [-0.1, -0.05) is 100.0 Å². The molecule has 0 saturated heterocycles. The second kappa shape index (κ2) is 14.9. The number of carbonyl (C=O) groups is 3. The van der Waals surface area contributed by atoms with E-state index >= 15 is 0 Å². The Kier molecular flexibility index (Phi) is 10.8. The lowest BCUT2D eigenvalue weighted by molar-refractivity contribution is -0.134. The van der Waals surface area contributed by atoms with E-state index in [-0.39, 0.29) is 17.5 Å². The van der Waals surface area contributed by atoms with Crippen LogP contribution in [0.15, 0.2) is 105 Å². The van der Waals surface area contributed by atoms with E-state index in [2.05, 4.69) is 45.0 Å². The van der Waals surface area contributed by atoms with Crippen LogP contribution in [-0.2, 0) is 11.2 Å². The third kappa shape index (κ3) is 7.72. The average Bonchev–Trinajstić information content (AvgIpc) is 3.02. The van der Waals surface area contributed by atoms with Gasteiger partial charge in [0, 0.05) is 48.3 Å². The van der Waals surface area contributed by atoms with E-state index in [0.717, 1.165) is 32.4 Å². The maximum atomic E-state index is 13.9. The molecule has 226 valence electrons. The minimum Gasteiger partial charge on any atom is -0.427 e. The van der Waals surface area contributed by atoms with Gasteiger partial charge in [-0.25, -0.2) is 0 Å². The number of hydrogen-bond acceptors (Lipinski definition) is 6. The highest BCUT2D eigenvalue weighted by Gasteiger charge is 2.33. The SMILES string of the molecule is CCCCCCc1ccc(Sc2cccc3c2C(=O)c2cccc(Sc4ccc(OC(=O)CCC(C)C)cc4)c2C3=O)cc1. The Morgan fingerprint density at radius 2 is 1.25 bits per heavy atom. The van der Waals surface area contributed by atoms with Crippen LogP contribution in [0.4, 0.5) is 0 Å². The van der Waals surface area contributed by atoms with Gasteiger partial charge in [-0.15, -0.1) is 0 Å². The summed E-state index contributed by atoms with van der Waals surface area (Å²) in [4.78, 5) is 43.4. The molecule has 5 rings (SSSR count). The summed E-state index contributed by atoms with van der Waals surface area (Å²) >= 11 is 2.95. The van der Waals surface area contributed by atoms with Crippen molar-refractivity contribution in [2.24, 2.45) is 5.92 Å². The first-order valence-corrected chi connectivity index (χ1v) is 17.1. The quantitative estimate of drug-likeness (QED) is 0.0740. The predicted octanol–water partition coefficient (Wildman–Crippen LogP) is 10.2. The third-order valence-electron chi connectivity index (χ3n) is 7.68. The van der Waals surface area contributed by atoms with Crippen LogP contribution in [0.3, 0.4) is 0 Å². The smallest absolute Gasteiger partial charge is 0.311 e. The number of ether oxygens (including phenoxy) is 1.